The van der Waals surface area contributed by atoms with Crippen LogP contribution in [0.4, 0.5) is 0 Å². The smallest absolute Gasteiger partial charge is 0.269 e. The van der Waals surface area contributed by atoms with Gasteiger partial charge in [-0.15, -0.1) is 0 Å². The third-order valence-corrected chi connectivity index (χ3v) is 2.57. The molecule has 0 spiro atoms. The summed E-state index contributed by atoms with van der Waals surface area (Å²) in [5.74, 6) is -1.10. The van der Waals surface area contributed by atoms with Crippen molar-refractivity contribution in [2.75, 3.05) is 20.1 Å². The second kappa shape index (κ2) is 7.27. The molecular weight excluding hydrogens is 262 g/mol. The first-order valence-corrected chi connectivity index (χ1v) is 6.27. The molecular formula is C12H19N5O3. The Hall–Kier alpha value is -2.38. The van der Waals surface area contributed by atoms with Gasteiger partial charge in [-0.05, 0) is 19.9 Å². The molecule has 0 aromatic carbocycles. The number of hydrogen-bond acceptors (Lipinski definition) is 4. The van der Waals surface area contributed by atoms with Gasteiger partial charge in [-0.2, -0.15) is 5.10 Å². The van der Waals surface area contributed by atoms with Crippen molar-refractivity contribution in [3.8, 4) is 0 Å². The Morgan fingerprint density at radius 1 is 1.20 bits per heavy atom. The second-order valence-corrected chi connectivity index (χ2v) is 4.12. The maximum Gasteiger partial charge on any atom is 0.269 e. The van der Waals surface area contributed by atoms with E-state index in [-0.39, 0.29) is 24.9 Å². The fourth-order valence-corrected chi connectivity index (χ4v) is 1.55. The minimum absolute atomic E-state index is 0.114. The minimum atomic E-state index is -0.429. The molecule has 0 aliphatic heterocycles. The SMILES string of the molecule is CCn1nc(C)cc1C(=O)NCC(=O)NCC(=O)NC. The number of aromatic nitrogens is 2. The predicted octanol–water partition coefficient (Wildman–Crippen LogP) is -1.20. The zero-order chi connectivity index (χ0) is 15.1. The average molecular weight is 281 g/mol. The maximum absolute atomic E-state index is 11.9. The Kier molecular flexibility index (Phi) is 5.70. The molecule has 1 heterocycles. The summed E-state index contributed by atoms with van der Waals surface area (Å²) in [5, 5.41) is 11.4. The first kappa shape index (κ1) is 15.7. The molecule has 1 aromatic heterocycles. The molecule has 0 saturated carbocycles. The molecule has 110 valence electrons. The molecule has 1 rings (SSSR count). The fraction of sp³-hybridized carbons (Fsp3) is 0.500. The lowest BCUT2D eigenvalue weighted by Crippen LogP contribution is -2.41. The van der Waals surface area contributed by atoms with Crippen LogP contribution in [0.25, 0.3) is 0 Å². The summed E-state index contributed by atoms with van der Waals surface area (Å²) in [6.07, 6.45) is 0. The van der Waals surface area contributed by atoms with Crippen LogP contribution in [0.15, 0.2) is 6.07 Å². The van der Waals surface area contributed by atoms with E-state index >= 15 is 0 Å². The Labute approximate surface area is 116 Å². The van der Waals surface area contributed by atoms with E-state index in [0.717, 1.165) is 5.69 Å². The molecule has 3 N–H and O–H groups in total. The first-order chi connectivity index (χ1) is 9.47. The van der Waals surface area contributed by atoms with Crippen LogP contribution >= 0.6 is 0 Å². The van der Waals surface area contributed by atoms with E-state index in [4.69, 9.17) is 0 Å². The van der Waals surface area contributed by atoms with E-state index in [2.05, 4.69) is 21.0 Å². The van der Waals surface area contributed by atoms with Crippen molar-refractivity contribution in [1.82, 2.24) is 25.7 Å². The molecule has 8 nitrogen and oxygen atoms in total. The molecule has 3 amide bonds. The highest BCUT2D eigenvalue weighted by molar-refractivity contribution is 5.95. The third kappa shape index (κ3) is 4.38. The van der Waals surface area contributed by atoms with Crippen molar-refractivity contribution < 1.29 is 14.4 Å². The van der Waals surface area contributed by atoms with Crippen LogP contribution in [-0.4, -0.2) is 47.6 Å². The predicted molar refractivity (Wildman–Crippen MR) is 72.0 cm³/mol. The van der Waals surface area contributed by atoms with Crippen LogP contribution in [0.1, 0.15) is 23.1 Å². The monoisotopic (exact) mass is 281 g/mol. The van der Waals surface area contributed by atoms with Crippen molar-refractivity contribution in [2.45, 2.75) is 20.4 Å². The van der Waals surface area contributed by atoms with E-state index in [1.807, 2.05) is 6.92 Å². The fourth-order valence-electron chi connectivity index (χ4n) is 1.55. The van der Waals surface area contributed by atoms with Crippen LogP contribution < -0.4 is 16.0 Å². The number of aryl methyl sites for hydroxylation is 2. The van der Waals surface area contributed by atoms with Crippen LogP contribution in [0, 0.1) is 6.92 Å². The maximum atomic E-state index is 11.9. The molecule has 0 saturated heterocycles. The number of carbonyl (C=O) groups is 3. The highest BCUT2D eigenvalue weighted by Gasteiger charge is 2.14. The molecule has 8 heteroatoms. The molecule has 0 aliphatic rings. The molecule has 1 aromatic rings. The average Bonchev–Trinajstić information content (AvgIpc) is 2.83. The zero-order valence-electron chi connectivity index (χ0n) is 11.8. The summed E-state index contributed by atoms with van der Waals surface area (Å²) in [7, 11) is 1.48. The lowest BCUT2D eigenvalue weighted by molar-refractivity contribution is -0.125. The Morgan fingerprint density at radius 2 is 1.85 bits per heavy atom. The van der Waals surface area contributed by atoms with Gasteiger partial charge >= 0.3 is 0 Å². The first-order valence-electron chi connectivity index (χ1n) is 6.27. The largest absolute Gasteiger partial charge is 0.358 e. The molecule has 0 radical (unpaired) electrons. The molecule has 0 unspecified atom stereocenters. The number of rotatable bonds is 6. The Morgan fingerprint density at radius 3 is 2.45 bits per heavy atom. The van der Waals surface area contributed by atoms with Gasteiger partial charge in [0.15, 0.2) is 0 Å². The Bertz CT molecular complexity index is 509. The van der Waals surface area contributed by atoms with Gasteiger partial charge in [0.25, 0.3) is 5.91 Å². The van der Waals surface area contributed by atoms with E-state index in [1.165, 1.54) is 7.05 Å². The van der Waals surface area contributed by atoms with Crippen LogP contribution in [-0.2, 0) is 16.1 Å². The quantitative estimate of drug-likeness (QED) is 0.609. The number of nitrogens with one attached hydrogen (secondary N) is 3. The summed E-state index contributed by atoms with van der Waals surface area (Å²) in [5.41, 5.74) is 1.14. The van der Waals surface area contributed by atoms with Crippen molar-refractivity contribution in [3.05, 3.63) is 17.5 Å². The van der Waals surface area contributed by atoms with Crippen molar-refractivity contribution in [2.24, 2.45) is 0 Å². The van der Waals surface area contributed by atoms with Crippen molar-refractivity contribution in [1.29, 1.82) is 0 Å². The van der Waals surface area contributed by atoms with Gasteiger partial charge in [0.2, 0.25) is 11.8 Å². The topological polar surface area (TPSA) is 105 Å². The standard InChI is InChI=1S/C12H19N5O3/c1-4-17-9(5-8(2)16-17)12(20)15-7-11(19)14-6-10(18)13-3/h5H,4,6-7H2,1-3H3,(H,13,18)(H,14,19)(H,15,20). The lowest BCUT2D eigenvalue weighted by atomic mass is 10.3. The van der Waals surface area contributed by atoms with Gasteiger partial charge in [0, 0.05) is 13.6 Å². The van der Waals surface area contributed by atoms with E-state index in [9.17, 15) is 14.4 Å². The number of nitrogens with zero attached hydrogens (tertiary/aromatic N) is 2. The lowest BCUT2D eigenvalue weighted by Gasteiger charge is -2.07. The van der Waals surface area contributed by atoms with Crippen LogP contribution in [0.3, 0.4) is 0 Å². The summed E-state index contributed by atoms with van der Waals surface area (Å²) in [6, 6.07) is 1.65. The van der Waals surface area contributed by atoms with Gasteiger partial charge in [-0.25, -0.2) is 0 Å². The minimum Gasteiger partial charge on any atom is -0.358 e. The number of hydrogen-bond donors (Lipinski definition) is 3. The molecule has 0 fully saturated rings. The summed E-state index contributed by atoms with van der Waals surface area (Å²) < 4.78 is 1.56. The molecule has 0 aliphatic carbocycles. The highest BCUT2D eigenvalue weighted by atomic mass is 16.2. The molecule has 0 atom stereocenters. The van der Waals surface area contributed by atoms with Gasteiger partial charge in [-0.3, -0.25) is 19.1 Å². The van der Waals surface area contributed by atoms with Gasteiger partial charge in [-0.1, -0.05) is 0 Å². The zero-order valence-corrected chi connectivity index (χ0v) is 11.8. The van der Waals surface area contributed by atoms with Crippen molar-refractivity contribution in [3.63, 3.8) is 0 Å². The van der Waals surface area contributed by atoms with Crippen molar-refractivity contribution >= 4 is 17.7 Å². The van der Waals surface area contributed by atoms with Gasteiger partial charge in [0.1, 0.15) is 5.69 Å². The third-order valence-electron chi connectivity index (χ3n) is 2.57. The highest BCUT2D eigenvalue weighted by Crippen LogP contribution is 2.03. The van der Waals surface area contributed by atoms with Gasteiger partial charge < -0.3 is 16.0 Å². The number of likely N-dealkylation sites (N-methyl/N-ethyl adjacent to an activating group) is 1. The molecule has 20 heavy (non-hydrogen) atoms. The van der Waals surface area contributed by atoms with Crippen LogP contribution in [0.2, 0.25) is 0 Å². The number of carbonyl (C=O) groups excluding carboxylic acids is 3. The second-order valence-electron chi connectivity index (χ2n) is 4.12. The van der Waals surface area contributed by atoms with E-state index in [0.29, 0.717) is 12.2 Å². The van der Waals surface area contributed by atoms with E-state index < -0.39 is 5.91 Å². The summed E-state index contributed by atoms with van der Waals surface area (Å²) in [4.78, 5) is 34.3. The summed E-state index contributed by atoms with van der Waals surface area (Å²) >= 11 is 0. The van der Waals surface area contributed by atoms with E-state index in [1.54, 1.807) is 17.7 Å². The normalized spacial score (nSPS) is 9.95. The van der Waals surface area contributed by atoms with Crippen LogP contribution in [0.5, 0.6) is 0 Å². The Balaban J connectivity index is 2.46. The number of amides is 3. The molecule has 0 bridgehead atoms. The van der Waals surface area contributed by atoms with Gasteiger partial charge in [0.05, 0.1) is 18.8 Å². The summed E-state index contributed by atoms with van der Waals surface area (Å²) in [6.45, 7) is 3.93.